The van der Waals surface area contributed by atoms with E-state index in [0.29, 0.717) is 0 Å². The van der Waals surface area contributed by atoms with Gasteiger partial charge in [-0.25, -0.2) is 0 Å². The molecule has 0 aliphatic rings. The summed E-state index contributed by atoms with van der Waals surface area (Å²) in [6.07, 6.45) is 0. The van der Waals surface area contributed by atoms with E-state index in [0.717, 1.165) is 0 Å². The Morgan fingerprint density at radius 2 is 1.00 bits per heavy atom. The smallest absolute Gasteiger partial charge is 0 e. The molecule has 0 rings (SSSR count). The summed E-state index contributed by atoms with van der Waals surface area (Å²) in [4.78, 5) is 0. The van der Waals surface area contributed by atoms with E-state index in [1.54, 1.807) is 0 Å². The third-order valence-corrected chi connectivity index (χ3v) is 0. The molecule has 0 aromatic carbocycles. The van der Waals surface area contributed by atoms with Crippen LogP contribution in [0.2, 0.25) is 0 Å². The minimum atomic E-state index is 0. The molecule has 0 saturated carbocycles. The Morgan fingerprint density at radius 3 is 1.00 bits per heavy atom. The van der Waals surface area contributed by atoms with Gasteiger partial charge in [0, 0.05) is 86.5 Å². The molecule has 0 saturated heterocycles. The minimum Gasteiger partial charge on any atom is 0 e. The van der Waals surface area contributed by atoms with Crippen LogP contribution in [0.5, 0.6) is 0 Å². The summed E-state index contributed by atoms with van der Waals surface area (Å²) in [5.41, 5.74) is 0. The van der Waals surface area contributed by atoms with E-state index in [1.165, 1.54) is 0 Å². The Balaban J connectivity index is 0. The van der Waals surface area contributed by atoms with Crippen LogP contribution in [0.15, 0.2) is 0 Å². The second-order valence-electron chi connectivity index (χ2n) is 0. The number of hydrogen-bond acceptors (Lipinski definition) is 0. The second kappa shape index (κ2) is 16.0. The van der Waals surface area contributed by atoms with Gasteiger partial charge in [0.2, 0.25) is 0 Å². The molecule has 0 aromatic rings. The average Bonchev–Trinajstić information content (AvgIpc) is 0. The zero-order chi connectivity index (χ0) is 0. The predicted molar refractivity (Wildman–Crippen MR) is 8.54 cm³/mol. The van der Waals surface area contributed by atoms with Crippen molar-refractivity contribution in [3.05, 3.63) is 0 Å². The molecule has 0 amide bonds. The largest absolute Gasteiger partial charge is 0.316 e. The van der Waals surface area contributed by atoms with E-state index in [1.807, 2.05) is 0 Å². The molecule has 0 fully saturated rings. The van der Waals surface area contributed by atoms with Crippen molar-refractivity contribution >= 4 is 23.1 Å². The maximum Gasteiger partial charge on any atom is 0.316 e. The summed E-state index contributed by atoms with van der Waals surface area (Å²) in [7, 11) is 0. The van der Waals surface area contributed by atoms with Crippen molar-refractivity contribution in [1.29, 1.82) is 0 Å². The molecule has 0 heterocycles. The molecular weight excluding hydrogens is 325 g/mol. The molecule has 14 valence electrons. The monoisotopic (exact) mass is 322 g/mol. The summed E-state index contributed by atoms with van der Waals surface area (Å²) < 4.78 is 0. The summed E-state index contributed by atoms with van der Waals surface area (Å²) in [5.74, 6) is 0. The third-order valence-electron chi connectivity index (χ3n) is 0. The number of rotatable bonds is 0. The van der Waals surface area contributed by atoms with Crippen LogP contribution in [0, 0.1) is 40.8 Å². The Hall–Kier alpha value is 3.62. The molecule has 0 aliphatic carbocycles. The van der Waals surface area contributed by atoms with E-state index in [-0.39, 0.29) is 110 Å². The molecule has 0 aromatic heterocycles. The Labute approximate surface area is 107 Å². The summed E-state index contributed by atoms with van der Waals surface area (Å²) >= 11 is 0. The average molecular weight is 327 g/mol. The first-order valence-corrected chi connectivity index (χ1v) is 0. The molecule has 0 N–H and O–H groups in total. The van der Waals surface area contributed by atoms with Crippen molar-refractivity contribution in [1.82, 2.24) is 0 Å². The van der Waals surface area contributed by atoms with Gasteiger partial charge in [-0.05, 0) is 0 Å². The van der Waals surface area contributed by atoms with Crippen molar-refractivity contribution in [3.8, 4) is 0 Å². The van der Waals surface area contributed by atoms with Gasteiger partial charge in [-0.2, -0.15) is 0 Å². The normalized spacial score (nSPS) is 0. The molecule has 0 aliphatic heterocycles. The van der Waals surface area contributed by atoms with Crippen molar-refractivity contribution in [2.75, 3.05) is 0 Å². The van der Waals surface area contributed by atoms with Crippen LogP contribution in [-0.4, -0.2) is 23.1 Å². The summed E-state index contributed by atoms with van der Waals surface area (Å²) in [6.45, 7) is 0. The third kappa shape index (κ3) is 9.16. The van der Waals surface area contributed by atoms with Crippen molar-refractivity contribution in [2.45, 2.75) is 0 Å². The van der Waals surface area contributed by atoms with Crippen LogP contribution >= 0.6 is 0 Å². The standard InChI is InChI=1S/Mg.Nd.Zn.Zr.2H. The quantitative estimate of drug-likeness (QED) is 0.505. The zero-order valence-electron chi connectivity index (χ0n) is 1.71. The zero-order valence-corrected chi connectivity index (χ0v) is 10.3. The van der Waals surface area contributed by atoms with E-state index in [4.69, 9.17) is 0 Å². The predicted octanol–water partition coefficient (Wildman–Crippen LogP) is -0.921. The van der Waals surface area contributed by atoms with Crippen molar-refractivity contribution in [3.63, 3.8) is 0 Å². The van der Waals surface area contributed by atoms with Gasteiger partial charge in [-0.15, -0.1) is 0 Å². The summed E-state index contributed by atoms with van der Waals surface area (Å²) in [5, 5.41) is 0. The van der Waals surface area contributed by atoms with E-state index in [9.17, 15) is 0 Å². The van der Waals surface area contributed by atoms with Gasteiger partial charge in [0.15, 0.2) is 0 Å². The SMILES string of the molecule is [MgH2].[Nd].[Zn].[Zr]. The topological polar surface area (TPSA) is 0 Å². The first-order valence-electron chi connectivity index (χ1n) is 0. The molecule has 4 heteroatoms. The molecule has 0 nitrogen and oxygen atoms in total. The Kier molecular flexibility index (Phi) is 102. The van der Waals surface area contributed by atoms with Gasteiger partial charge in [-0.1, -0.05) is 0 Å². The van der Waals surface area contributed by atoms with Crippen LogP contribution in [0.3, 0.4) is 0 Å². The van der Waals surface area contributed by atoms with Gasteiger partial charge in [0.05, 0.1) is 0 Å². The van der Waals surface area contributed by atoms with Crippen LogP contribution < -0.4 is 0 Å². The Morgan fingerprint density at radius 1 is 1.00 bits per heavy atom. The fraction of sp³-hybridized carbons (Fsp3) is 0. The molecule has 0 unspecified atom stereocenters. The fourth-order valence-electron chi connectivity index (χ4n) is 0. The van der Waals surface area contributed by atoms with Crippen molar-refractivity contribution in [2.24, 2.45) is 0 Å². The molecular formula is H2MgNdZnZr. The maximum absolute atomic E-state index is 0. The van der Waals surface area contributed by atoms with Crippen LogP contribution in [-0.2, 0) is 45.7 Å². The van der Waals surface area contributed by atoms with Gasteiger partial charge in [-0.3, -0.25) is 0 Å². The van der Waals surface area contributed by atoms with Crippen LogP contribution in [0.1, 0.15) is 0 Å². The van der Waals surface area contributed by atoms with Gasteiger partial charge < -0.3 is 0 Å². The maximum atomic E-state index is 0. The van der Waals surface area contributed by atoms with Gasteiger partial charge in [0.25, 0.3) is 0 Å². The fourth-order valence-corrected chi connectivity index (χ4v) is 0. The first kappa shape index (κ1) is 25.5. The van der Waals surface area contributed by atoms with E-state index < -0.39 is 0 Å². The summed E-state index contributed by atoms with van der Waals surface area (Å²) in [6, 6.07) is 0. The molecule has 0 spiro atoms. The van der Waals surface area contributed by atoms with Crippen LogP contribution in [0.4, 0.5) is 0 Å². The molecule has 0 radical (unpaired) electrons. The molecule has 0 bridgehead atoms. The number of hydrogen-bond donors (Lipinski definition) is 0. The Bertz CT molecular complexity index is 8.00. The van der Waals surface area contributed by atoms with E-state index >= 15 is 0 Å². The first-order chi connectivity index (χ1) is 0. The van der Waals surface area contributed by atoms with Gasteiger partial charge in [0.1, 0.15) is 0 Å². The van der Waals surface area contributed by atoms with Gasteiger partial charge >= 0.3 is 23.1 Å². The minimum absolute atomic E-state index is 0. The molecule has 0 atom stereocenters. The van der Waals surface area contributed by atoms with E-state index in [2.05, 4.69) is 0 Å². The molecule has 4 heavy (non-hydrogen) atoms. The second-order valence-corrected chi connectivity index (χ2v) is 0. The van der Waals surface area contributed by atoms with Crippen LogP contribution in [0.25, 0.3) is 0 Å². The van der Waals surface area contributed by atoms with Crippen molar-refractivity contribution < 1.29 is 86.5 Å².